The summed E-state index contributed by atoms with van der Waals surface area (Å²) in [5.41, 5.74) is -0.705. The standard InChI is InChI=1S/C13H17FN2O4/c1-3-4-10(8-20-2)15-13(17)11-7-9(14)5-6-12(11)16(18)19/h5-7,10H,3-4,8H2,1-2H3,(H,15,17). The van der Waals surface area contributed by atoms with E-state index in [1.165, 1.54) is 7.11 Å². The molecule has 1 N–H and O–H groups in total. The summed E-state index contributed by atoms with van der Waals surface area (Å²) in [6, 6.07) is 2.53. The number of rotatable bonds is 7. The van der Waals surface area contributed by atoms with Crippen molar-refractivity contribution in [2.24, 2.45) is 0 Å². The largest absolute Gasteiger partial charge is 0.383 e. The van der Waals surface area contributed by atoms with Crippen molar-refractivity contribution in [2.75, 3.05) is 13.7 Å². The summed E-state index contributed by atoms with van der Waals surface area (Å²) < 4.78 is 18.1. The molecule has 7 heteroatoms. The molecule has 110 valence electrons. The molecular formula is C13H17FN2O4. The summed E-state index contributed by atoms with van der Waals surface area (Å²) in [4.78, 5) is 22.2. The van der Waals surface area contributed by atoms with E-state index >= 15 is 0 Å². The van der Waals surface area contributed by atoms with Gasteiger partial charge in [-0.05, 0) is 18.6 Å². The lowest BCUT2D eigenvalue weighted by molar-refractivity contribution is -0.385. The van der Waals surface area contributed by atoms with Gasteiger partial charge >= 0.3 is 0 Å². The Kier molecular flexibility index (Phi) is 6.05. The molecule has 1 unspecified atom stereocenters. The maximum atomic E-state index is 13.2. The van der Waals surface area contributed by atoms with E-state index < -0.39 is 22.3 Å². The molecule has 0 heterocycles. The molecule has 0 saturated carbocycles. The molecule has 6 nitrogen and oxygen atoms in total. The minimum Gasteiger partial charge on any atom is -0.383 e. The van der Waals surface area contributed by atoms with E-state index in [0.29, 0.717) is 13.0 Å². The molecule has 0 bridgehead atoms. The number of nitro groups is 1. The zero-order valence-corrected chi connectivity index (χ0v) is 11.4. The molecule has 1 rings (SSSR count). The number of nitrogens with one attached hydrogen (secondary N) is 1. The van der Waals surface area contributed by atoms with Gasteiger partial charge < -0.3 is 10.1 Å². The maximum Gasteiger partial charge on any atom is 0.282 e. The highest BCUT2D eigenvalue weighted by Crippen LogP contribution is 2.19. The lowest BCUT2D eigenvalue weighted by atomic mass is 10.1. The number of hydrogen-bond acceptors (Lipinski definition) is 4. The third kappa shape index (κ3) is 4.27. The average Bonchev–Trinajstić information content (AvgIpc) is 2.38. The SMILES string of the molecule is CCCC(COC)NC(=O)c1cc(F)ccc1[N+](=O)[O-]. The highest BCUT2D eigenvalue weighted by atomic mass is 19.1. The quantitative estimate of drug-likeness (QED) is 0.615. The number of carbonyl (C=O) groups is 1. The smallest absolute Gasteiger partial charge is 0.282 e. The summed E-state index contributed by atoms with van der Waals surface area (Å²) in [5, 5.41) is 13.5. The van der Waals surface area contributed by atoms with E-state index in [9.17, 15) is 19.3 Å². The molecule has 1 atom stereocenters. The number of halogens is 1. The topological polar surface area (TPSA) is 81.5 Å². The van der Waals surface area contributed by atoms with Gasteiger partial charge in [0.2, 0.25) is 0 Å². The first-order valence-corrected chi connectivity index (χ1v) is 6.23. The molecule has 0 radical (unpaired) electrons. The van der Waals surface area contributed by atoms with Crippen molar-refractivity contribution in [3.63, 3.8) is 0 Å². The Morgan fingerprint density at radius 2 is 2.25 bits per heavy atom. The third-order valence-corrected chi connectivity index (χ3v) is 2.74. The van der Waals surface area contributed by atoms with Crippen molar-refractivity contribution < 1.29 is 18.8 Å². The van der Waals surface area contributed by atoms with Crippen LogP contribution in [0.25, 0.3) is 0 Å². The molecule has 0 spiro atoms. The van der Waals surface area contributed by atoms with Crippen molar-refractivity contribution in [1.29, 1.82) is 0 Å². The lowest BCUT2D eigenvalue weighted by Crippen LogP contribution is -2.38. The van der Waals surface area contributed by atoms with E-state index in [2.05, 4.69) is 5.32 Å². The molecule has 0 aliphatic rings. The van der Waals surface area contributed by atoms with Gasteiger partial charge in [-0.3, -0.25) is 14.9 Å². The first kappa shape index (κ1) is 16.0. The number of methoxy groups -OCH3 is 1. The number of amides is 1. The number of benzene rings is 1. The first-order valence-electron chi connectivity index (χ1n) is 6.23. The van der Waals surface area contributed by atoms with Gasteiger partial charge in [-0.15, -0.1) is 0 Å². The molecular weight excluding hydrogens is 267 g/mol. The number of nitrogens with zero attached hydrogens (tertiary/aromatic N) is 1. The van der Waals surface area contributed by atoms with E-state index in [1.54, 1.807) is 0 Å². The van der Waals surface area contributed by atoms with Crippen LogP contribution in [0.3, 0.4) is 0 Å². The van der Waals surface area contributed by atoms with Crippen LogP contribution < -0.4 is 5.32 Å². The Hall–Kier alpha value is -2.02. The minimum atomic E-state index is -0.709. The van der Waals surface area contributed by atoms with Crippen LogP contribution in [0.4, 0.5) is 10.1 Å². The second-order valence-electron chi connectivity index (χ2n) is 4.33. The van der Waals surface area contributed by atoms with Crippen molar-refractivity contribution in [2.45, 2.75) is 25.8 Å². The van der Waals surface area contributed by atoms with Gasteiger partial charge in [0, 0.05) is 13.2 Å². The van der Waals surface area contributed by atoms with Crippen LogP contribution in [0.2, 0.25) is 0 Å². The number of hydrogen-bond donors (Lipinski definition) is 1. The normalized spacial score (nSPS) is 11.9. The van der Waals surface area contributed by atoms with Gasteiger partial charge in [-0.1, -0.05) is 13.3 Å². The highest BCUT2D eigenvalue weighted by molar-refractivity contribution is 5.98. The van der Waals surface area contributed by atoms with Crippen molar-refractivity contribution in [3.8, 4) is 0 Å². The Morgan fingerprint density at radius 1 is 1.55 bits per heavy atom. The van der Waals surface area contributed by atoms with Crippen LogP contribution in [-0.2, 0) is 4.74 Å². The number of carbonyl (C=O) groups excluding carboxylic acids is 1. The summed E-state index contributed by atoms with van der Waals surface area (Å²) >= 11 is 0. The third-order valence-electron chi connectivity index (χ3n) is 2.74. The molecule has 1 amide bonds. The molecule has 1 aromatic rings. The first-order chi connectivity index (χ1) is 9.49. The van der Waals surface area contributed by atoms with Crippen LogP contribution in [0.5, 0.6) is 0 Å². The number of nitro benzene ring substituents is 1. The van der Waals surface area contributed by atoms with Gasteiger partial charge in [0.25, 0.3) is 11.6 Å². The summed E-state index contributed by atoms with van der Waals surface area (Å²) in [6.07, 6.45) is 1.49. The lowest BCUT2D eigenvalue weighted by Gasteiger charge is -2.17. The summed E-state index contributed by atoms with van der Waals surface area (Å²) in [5.74, 6) is -1.37. The molecule has 0 aliphatic heterocycles. The second-order valence-corrected chi connectivity index (χ2v) is 4.33. The van der Waals surface area contributed by atoms with Crippen LogP contribution in [0, 0.1) is 15.9 Å². The monoisotopic (exact) mass is 284 g/mol. The van der Waals surface area contributed by atoms with E-state index in [1.807, 2.05) is 6.92 Å². The van der Waals surface area contributed by atoms with Crippen molar-refractivity contribution in [1.82, 2.24) is 5.32 Å². The molecule has 0 aliphatic carbocycles. The van der Waals surface area contributed by atoms with Gasteiger partial charge in [-0.25, -0.2) is 4.39 Å². The predicted octanol–water partition coefficient (Wildman–Crippen LogP) is 2.28. The zero-order valence-electron chi connectivity index (χ0n) is 11.4. The average molecular weight is 284 g/mol. The Balaban J connectivity index is 2.95. The Bertz CT molecular complexity index is 487. The van der Waals surface area contributed by atoms with Crippen molar-refractivity contribution in [3.05, 3.63) is 39.7 Å². The second kappa shape index (κ2) is 7.54. The van der Waals surface area contributed by atoms with Crippen LogP contribution in [0.15, 0.2) is 18.2 Å². The van der Waals surface area contributed by atoms with Gasteiger partial charge in [0.15, 0.2) is 0 Å². The molecule has 1 aromatic carbocycles. The summed E-state index contributed by atoms with van der Waals surface area (Å²) in [6.45, 7) is 2.24. The molecule has 0 aromatic heterocycles. The van der Waals surface area contributed by atoms with E-state index in [0.717, 1.165) is 24.6 Å². The fourth-order valence-corrected chi connectivity index (χ4v) is 1.86. The van der Waals surface area contributed by atoms with Crippen molar-refractivity contribution >= 4 is 11.6 Å². The van der Waals surface area contributed by atoms with E-state index in [4.69, 9.17) is 4.74 Å². The highest BCUT2D eigenvalue weighted by Gasteiger charge is 2.22. The Labute approximate surface area is 116 Å². The van der Waals surface area contributed by atoms with Gasteiger partial charge in [0.1, 0.15) is 11.4 Å². The zero-order chi connectivity index (χ0) is 15.1. The number of ether oxygens (including phenoxy) is 1. The minimum absolute atomic E-state index is 0.264. The van der Waals surface area contributed by atoms with Crippen LogP contribution >= 0.6 is 0 Å². The van der Waals surface area contributed by atoms with Gasteiger partial charge in [0.05, 0.1) is 17.6 Å². The molecule has 20 heavy (non-hydrogen) atoms. The fourth-order valence-electron chi connectivity index (χ4n) is 1.86. The fraction of sp³-hybridized carbons (Fsp3) is 0.462. The Morgan fingerprint density at radius 3 is 2.80 bits per heavy atom. The predicted molar refractivity (Wildman–Crippen MR) is 71.1 cm³/mol. The maximum absolute atomic E-state index is 13.2. The summed E-state index contributed by atoms with van der Waals surface area (Å²) in [7, 11) is 1.50. The van der Waals surface area contributed by atoms with Gasteiger partial charge in [-0.2, -0.15) is 0 Å². The van der Waals surface area contributed by atoms with E-state index in [-0.39, 0.29) is 11.6 Å². The molecule has 0 saturated heterocycles. The molecule has 0 fully saturated rings. The van der Waals surface area contributed by atoms with Crippen LogP contribution in [0.1, 0.15) is 30.1 Å². The van der Waals surface area contributed by atoms with Crippen LogP contribution in [-0.4, -0.2) is 30.6 Å².